The Balaban J connectivity index is 2.04. The summed E-state index contributed by atoms with van der Waals surface area (Å²) in [5, 5.41) is 19.9. The Morgan fingerprint density at radius 2 is 2.10 bits per heavy atom. The fraction of sp³-hybridized carbons (Fsp3) is 0.462. The molecule has 0 saturated carbocycles. The summed E-state index contributed by atoms with van der Waals surface area (Å²) in [6.07, 6.45) is 1.97. The van der Waals surface area contributed by atoms with Crippen molar-refractivity contribution in [2.75, 3.05) is 19.7 Å². The van der Waals surface area contributed by atoms with E-state index in [9.17, 15) is 14.9 Å². The minimum Gasteiger partial charge on any atom is -0.477 e. The molecule has 1 heterocycles. The molecule has 0 aromatic heterocycles. The Morgan fingerprint density at radius 1 is 1.40 bits per heavy atom. The van der Waals surface area contributed by atoms with E-state index in [1.165, 1.54) is 18.2 Å². The van der Waals surface area contributed by atoms with Gasteiger partial charge in [-0.15, -0.1) is 0 Å². The van der Waals surface area contributed by atoms with E-state index in [1.54, 1.807) is 4.90 Å². The van der Waals surface area contributed by atoms with Crippen molar-refractivity contribution in [3.8, 4) is 5.75 Å². The molecule has 0 atom stereocenters. The molecule has 1 aromatic rings. The number of aliphatic hydroxyl groups excluding tert-OH is 1. The van der Waals surface area contributed by atoms with Crippen LogP contribution in [-0.4, -0.2) is 40.5 Å². The van der Waals surface area contributed by atoms with Gasteiger partial charge in [-0.1, -0.05) is 6.07 Å². The van der Waals surface area contributed by atoms with Crippen molar-refractivity contribution in [2.24, 2.45) is 0 Å². The number of nitro benzene ring substituents is 1. The number of ether oxygens (including phenoxy) is 1. The van der Waals surface area contributed by atoms with Gasteiger partial charge in [0.05, 0.1) is 11.5 Å². The normalized spacial score (nSPS) is 14.3. The Kier molecular flexibility index (Phi) is 4.52. The maximum absolute atomic E-state index is 11.8. The van der Waals surface area contributed by atoms with Crippen LogP contribution in [0.1, 0.15) is 18.4 Å². The molecule has 7 heteroatoms. The van der Waals surface area contributed by atoms with Gasteiger partial charge in [0, 0.05) is 19.2 Å². The van der Waals surface area contributed by atoms with E-state index in [-0.39, 0.29) is 30.6 Å². The summed E-state index contributed by atoms with van der Waals surface area (Å²) >= 11 is 0. The Labute approximate surface area is 115 Å². The summed E-state index contributed by atoms with van der Waals surface area (Å²) in [7, 11) is 0. The Hall–Kier alpha value is -2.15. The van der Waals surface area contributed by atoms with Crippen LogP contribution in [-0.2, 0) is 11.4 Å². The van der Waals surface area contributed by atoms with E-state index in [0.717, 1.165) is 12.8 Å². The molecule has 0 radical (unpaired) electrons. The minimum atomic E-state index is -0.588. The van der Waals surface area contributed by atoms with Crippen molar-refractivity contribution in [3.63, 3.8) is 0 Å². The molecule has 20 heavy (non-hydrogen) atoms. The highest BCUT2D eigenvalue weighted by Gasteiger charge is 2.21. The van der Waals surface area contributed by atoms with Crippen LogP contribution in [0, 0.1) is 10.1 Å². The molecule has 0 spiro atoms. The van der Waals surface area contributed by atoms with E-state index in [2.05, 4.69) is 0 Å². The van der Waals surface area contributed by atoms with Crippen LogP contribution in [0.25, 0.3) is 0 Å². The molecule has 108 valence electrons. The van der Waals surface area contributed by atoms with Crippen LogP contribution in [0.3, 0.4) is 0 Å². The van der Waals surface area contributed by atoms with Gasteiger partial charge < -0.3 is 14.7 Å². The molecule has 1 N–H and O–H groups in total. The van der Waals surface area contributed by atoms with Gasteiger partial charge in [0.15, 0.2) is 12.4 Å². The molecule has 1 fully saturated rings. The number of rotatable bonds is 5. The lowest BCUT2D eigenvalue weighted by molar-refractivity contribution is -0.385. The highest BCUT2D eigenvalue weighted by Crippen LogP contribution is 2.28. The van der Waals surface area contributed by atoms with Crippen LogP contribution in [0.4, 0.5) is 5.69 Å². The molecule has 1 aliphatic heterocycles. The summed E-state index contributed by atoms with van der Waals surface area (Å²) in [6.45, 7) is 0.939. The van der Waals surface area contributed by atoms with Crippen LogP contribution in [0.2, 0.25) is 0 Å². The molecule has 0 aliphatic carbocycles. The lowest BCUT2D eigenvalue weighted by Gasteiger charge is -2.15. The molecule has 7 nitrogen and oxygen atoms in total. The maximum Gasteiger partial charge on any atom is 0.311 e. The number of benzene rings is 1. The topological polar surface area (TPSA) is 92.9 Å². The van der Waals surface area contributed by atoms with Gasteiger partial charge in [-0.25, -0.2) is 0 Å². The number of aliphatic hydroxyl groups is 1. The number of nitro groups is 1. The minimum absolute atomic E-state index is 0.0414. The summed E-state index contributed by atoms with van der Waals surface area (Å²) in [5.74, 6) is -0.122. The number of nitrogens with zero attached hydrogens (tertiary/aromatic N) is 2. The van der Waals surface area contributed by atoms with Gasteiger partial charge in [0.2, 0.25) is 0 Å². The predicted molar refractivity (Wildman–Crippen MR) is 70.3 cm³/mol. The largest absolute Gasteiger partial charge is 0.477 e. The summed E-state index contributed by atoms with van der Waals surface area (Å²) in [5.41, 5.74) is 0.181. The average molecular weight is 280 g/mol. The lowest BCUT2D eigenvalue weighted by atomic mass is 10.2. The first-order valence-electron chi connectivity index (χ1n) is 6.40. The molecule has 1 aliphatic rings. The van der Waals surface area contributed by atoms with Gasteiger partial charge in [-0.05, 0) is 24.5 Å². The quantitative estimate of drug-likeness (QED) is 0.643. The van der Waals surface area contributed by atoms with Crippen LogP contribution in [0.5, 0.6) is 5.75 Å². The second kappa shape index (κ2) is 6.33. The van der Waals surface area contributed by atoms with Crippen LogP contribution >= 0.6 is 0 Å². The number of likely N-dealkylation sites (tertiary alicyclic amines) is 1. The summed E-state index contributed by atoms with van der Waals surface area (Å²) in [4.78, 5) is 23.9. The number of carbonyl (C=O) groups excluding carboxylic acids is 1. The summed E-state index contributed by atoms with van der Waals surface area (Å²) in [6, 6.07) is 4.18. The van der Waals surface area contributed by atoms with Gasteiger partial charge in [0.25, 0.3) is 5.91 Å². The molecule has 1 amide bonds. The third kappa shape index (κ3) is 3.24. The molecular weight excluding hydrogens is 264 g/mol. The first-order chi connectivity index (χ1) is 9.61. The second-order valence-electron chi connectivity index (χ2n) is 4.59. The van der Waals surface area contributed by atoms with Gasteiger partial charge >= 0.3 is 5.69 Å². The monoisotopic (exact) mass is 280 g/mol. The number of carbonyl (C=O) groups is 1. The number of hydrogen-bond acceptors (Lipinski definition) is 5. The molecule has 1 aromatic carbocycles. The van der Waals surface area contributed by atoms with Crippen molar-refractivity contribution >= 4 is 11.6 Å². The molecule has 1 saturated heterocycles. The molecule has 0 unspecified atom stereocenters. The molecular formula is C13H16N2O5. The highest BCUT2D eigenvalue weighted by molar-refractivity contribution is 5.78. The van der Waals surface area contributed by atoms with Crippen molar-refractivity contribution in [3.05, 3.63) is 33.9 Å². The van der Waals surface area contributed by atoms with Crippen molar-refractivity contribution < 1.29 is 19.6 Å². The SMILES string of the molecule is O=C(COc1ccc(CO)cc1[N+](=O)[O-])N1CCCC1. The second-order valence-corrected chi connectivity index (χ2v) is 4.59. The Morgan fingerprint density at radius 3 is 2.70 bits per heavy atom. The Bertz CT molecular complexity index is 511. The zero-order chi connectivity index (χ0) is 14.5. The molecule has 0 bridgehead atoms. The van der Waals surface area contributed by atoms with Crippen molar-refractivity contribution in [2.45, 2.75) is 19.4 Å². The predicted octanol–water partition coefficient (Wildman–Crippen LogP) is 1.09. The first kappa shape index (κ1) is 14.3. The first-order valence-corrected chi connectivity index (χ1v) is 6.40. The highest BCUT2D eigenvalue weighted by atomic mass is 16.6. The van der Waals surface area contributed by atoms with Crippen molar-refractivity contribution in [1.82, 2.24) is 4.90 Å². The van der Waals surface area contributed by atoms with Gasteiger partial charge in [-0.2, -0.15) is 0 Å². The standard InChI is InChI=1S/C13H16N2O5/c16-8-10-3-4-12(11(7-10)15(18)19)20-9-13(17)14-5-1-2-6-14/h3-4,7,16H,1-2,5-6,8-9H2. The number of amides is 1. The third-order valence-electron chi connectivity index (χ3n) is 3.21. The van der Waals surface area contributed by atoms with E-state index in [4.69, 9.17) is 9.84 Å². The molecule has 2 rings (SSSR count). The van der Waals surface area contributed by atoms with E-state index in [0.29, 0.717) is 18.7 Å². The fourth-order valence-electron chi connectivity index (χ4n) is 2.12. The fourth-order valence-corrected chi connectivity index (χ4v) is 2.12. The van der Waals surface area contributed by atoms with Crippen LogP contribution < -0.4 is 4.74 Å². The summed E-state index contributed by atoms with van der Waals surface area (Å²) < 4.78 is 5.26. The van der Waals surface area contributed by atoms with E-state index in [1.807, 2.05) is 0 Å². The van der Waals surface area contributed by atoms with E-state index < -0.39 is 4.92 Å². The zero-order valence-electron chi connectivity index (χ0n) is 10.9. The number of hydrogen-bond donors (Lipinski definition) is 1. The third-order valence-corrected chi connectivity index (χ3v) is 3.21. The smallest absolute Gasteiger partial charge is 0.311 e. The zero-order valence-corrected chi connectivity index (χ0v) is 10.9. The van der Waals surface area contributed by atoms with Gasteiger partial charge in [0.1, 0.15) is 0 Å². The van der Waals surface area contributed by atoms with Gasteiger partial charge in [-0.3, -0.25) is 14.9 Å². The lowest BCUT2D eigenvalue weighted by Crippen LogP contribution is -2.32. The average Bonchev–Trinajstić information content (AvgIpc) is 2.98. The van der Waals surface area contributed by atoms with Crippen LogP contribution in [0.15, 0.2) is 18.2 Å². The maximum atomic E-state index is 11.8. The van der Waals surface area contributed by atoms with Crippen molar-refractivity contribution in [1.29, 1.82) is 0 Å². The van der Waals surface area contributed by atoms with E-state index >= 15 is 0 Å².